The maximum Gasteiger partial charge on any atom is 0.0239 e. The first-order chi connectivity index (χ1) is 7.90. The molecule has 0 radical (unpaired) electrons. The van der Waals surface area contributed by atoms with Crippen LogP contribution >= 0.6 is 11.3 Å². The molecule has 0 saturated carbocycles. The van der Waals surface area contributed by atoms with Crippen molar-refractivity contribution < 1.29 is 0 Å². The number of hydrogen-bond donors (Lipinski definition) is 1. The normalized spacial score (nSPS) is 14.2. The summed E-state index contributed by atoms with van der Waals surface area (Å²) in [5.74, 6) is 0.596. The SMILES string of the molecule is CN(Cc1ccsc1)CC(CN)CC(C)(C)C. The third-order valence-electron chi connectivity index (χ3n) is 2.84. The first kappa shape index (κ1) is 14.7. The summed E-state index contributed by atoms with van der Waals surface area (Å²) in [6.45, 7) is 9.76. The van der Waals surface area contributed by atoms with E-state index in [4.69, 9.17) is 5.73 Å². The van der Waals surface area contributed by atoms with E-state index >= 15 is 0 Å². The number of hydrogen-bond acceptors (Lipinski definition) is 3. The van der Waals surface area contributed by atoms with Gasteiger partial charge in [-0.1, -0.05) is 20.8 Å². The lowest BCUT2D eigenvalue weighted by Crippen LogP contribution is -2.32. The molecular formula is C14H26N2S. The summed E-state index contributed by atoms with van der Waals surface area (Å²) in [5, 5.41) is 4.36. The highest BCUT2D eigenvalue weighted by molar-refractivity contribution is 7.07. The van der Waals surface area contributed by atoms with Crippen LogP contribution < -0.4 is 5.73 Å². The molecule has 0 bridgehead atoms. The van der Waals surface area contributed by atoms with Gasteiger partial charge < -0.3 is 10.6 Å². The molecule has 1 heterocycles. The third-order valence-corrected chi connectivity index (χ3v) is 3.57. The minimum atomic E-state index is 0.368. The second-order valence-electron chi connectivity index (χ2n) is 6.19. The Hall–Kier alpha value is -0.380. The van der Waals surface area contributed by atoms with Crippen molar-refractivity contribution in [1.82, 2.24) is 4.90 Å². The fourth-order valence-corrected chi connectivity index (χ4v) is 2.95. The smallest absolute Gasteiger partial charge is 0.0239 e. The van der Waals surface area contributed by atoms with Crippen LogP contribution in [0.25, 0.3) is 0 Å². The highest BCUT2D eigenvalue weighted by Crippen LogP contribution is 2.24. The molecule has 17 heavy (non-hydrogen) atoms. The van der Waals surface area contributed by atoms with Gasteiger partial charge in [-0.2, -0.15) is 11.3 Å². The van der Waals surface area contributed by atoms with E-state index in [0.717, 1.165) is 19.6 Å². The average molecular weight is 254 g/mol. The zero-order valence-electron chi connectivity index (χ0n) is 11.6. The van der Waals surface area contributed by atoms with Gasteiger partial charge >= 0.3 is 0 Å². The molecular weight excluding hydrogens is 228 g/mol. The largest absolute Gasteiger partial charge is 0.330 e. The van der Waals surface area contributed by atoms with Gasteiger partial charge in [0.1, 0.15) is 0 Å². The molecule has 0 aromatic carbocycles. The number of rotatable bonds is 6. The fourth-order valence-electron chi connectivity index (χ4n) is 2.29. The predicted molar refractivity (Wildman–Crippen MR) is 77.3 cm³/mol. The summed E-state index contributed by atoms with van der Waals surface area (Å²) in [4.78, 5) is 2.38. The third kappa shape index (κ3) is 6.20. The van der Waals surface area contributed by atoms with Crippen LogP contribution in [-0.2, 0) is 6.54 Å². The maximum atomic E-state index is 5.88. The molecule has 0 saturated heterocycles. The van der Waals surface area contributed by atoms with Gasteiger partial charge in [-0.05, 0) is 53.7 Å². The Kier molecular flexibility index (Phi) is 5.63. The number of nitrogens with two attached hydrogens (primary N) is 1. The molecule has 2 nitrogen and oxygen atoms in total. The van der Waals surface area contributed by atoms with Gasteiger partial charge in [0.15, 0.2) is 0 Å². The van der Waals surface area contributed by atoms with Gasteiger partial charge in [0.05, 0.1) is 0 Å². The van der Waals surface area contributed by atoms with Crippen molar-refractivity contribution in [3.05, 3.63) is 22.4 Å². The minimum Gasteiger partial charge on any atom is -0.330 e. The van der Waals surface area contributed by atoms with Crippen molar-refractivity contribution in [2.24, 2.45) is 17.1 Å². The van der Waals surface area contributed by atoms with Crippen molar-refractivity contribution in [3.63, 3.8) is 0 Å². The lowest BCUT2D eigenvalue weighted by Gasteiger charge is -2.28. The zero-order valence-corrected chi connectivity index (χ0v) is 12.4. The van der Waals surface area contributed by atoms with E-state index in [-0.39, 0.29) is 0 Å². The molecule has 1 atom stereocenters. The molecule has 0 spiro atoms. The Balaban J connectivity index is 2.40. The van der Waals surface area contributed by atoms with Crippen molar-refractivity contribution in [3.8, 4) is 0 Å². The van der Waals surface area contributed by atoms with Gasteiger partial charge in [-0.25, -0.2) is 0 Å². The summed E-state index contributed by atoms with van der Waals surface area (Å²) < 4.78 is 0. The number of nitrogens with zero attached hydrogens (tertiary/aromatic N) is 1. The maximum absolute atomic E-state index is 5.88. The molecule has 1 aromatic rings. The first-order valence-corrected chi connectivity index (χ1v) is 7.24. The molecule has 1 aromatic heterocycles. The zero-order chi connectivity index (χ0) is 12.9. The van der Waals surface area contributed by atoms with Crippen molar-refractivity contribution >= 4 is 11.3 Å². The Bertz CT molecular complexity index is 301. The molecule has 0 aliphatic heterocycles. The van der Waals surface area contributed by atoms with E-state index in [2.05, 4.69) is 49.5 Å². The van der Waals surface area contributed by atoms with Gasteiger partial charge in [-0.3, -0.25) is 0 Å². The Labute approximate surface area is 110 Å². The molecule has 0 aliphatic carbocycles. The first-order valence-electron chi connectivity index (χ1n) is 6.30. The van der Waals surface area contributed by atoms with Gasteiger partial charge in [0.25, 0.3) is 0 Å². The average Bonchev–Trinajstić information content (AvgIpc) is 2.67. The predicted octanol–water partition coefficient (Wildman–Crippen LogP) is 3.19. The molecule has 98 valence electrons. The van der Waals surface area contributed by atoms with Crippen molar-refractivity contribution in [1.29, 1.82) is 0 Å². The van der Waals surface area contributed by atoms with Gasteiger partial charge in [0.2, 0.25) is 0 Å². The van der Waals surface area contributed by atoms with Crippen LogP contribution in [0, 0.1) is 11.3 Å². The Morgan fingerprint density at radius 2 is 2.12 bits per heavy atom. The van der Waals surface area contributed by atoms with Crippen LogP contribution in [0.4, 0.5) is 0 Å². The van der Waals surface area contributed by atoms with E-state index in [1.54, 1.807) is 11.3 Å². The van der Waals surface area contributed by atoms with E-state index in [1.165, 1.54) is 12.0 Å². The van der Waals surface area contributed by atoms with Crippen LogP contribution in [0.2, 0.25) is 0 Å². The van der Waals surface area contributed by atoms with E-state index in [9.17, 15) is 0 Å². The minimum absolute atomic E-state index is 0.368. The Morgan fingerprint density at radius 3 is 2.59 bits per heavy atom. The molecule has 2 N–H and O–H groups in total. The summed E-state index contributed by atoms with van der Waals surface area (Å²) in [6, 6.07) is 2.20. The van der Waals surface area contributed by atoms with Crippen LogP contribution in [0.5, 0.6) is 0 Å². The topological polar surface area (TPSA) is 29.3 Å². The summed E-state index contributed by atoms with van der Waals surface area (Å²) in [7, 11) is 2.18. The molecule has 0 fully saturated rings. The molecule has 3 heteroatoms. The lowest BCUT2D eigenvalue weighted by atomic mass is 9.84. The van der Waals surface area contributed by atoms with Gasteiger partial charge in [-0.15, -0.1) is 0 Å². The van der Waals surface area contributed by atoms with Crippen LogP contribution in [-0.4, -0.2) is 25.0 Å². The van der Waals surface area contributed by atoms with Crippen LogP contribution in [0.3, 0.4) is 0 Å². The van der Waals surface area contributed by atoms with E-state index in [1.807, 2.05) is 0 Å². The summed E-state index contributed by atoms with van der Waals surface area (Å²) >= 11 is 1.76. The molecule has 1 unspecified atom stereocenters. The molecule has 0 aliphatic rings. The van der Waals surface area contributed by atoms with Crippen LogP contribution in [0.15, 0.2) is 16.8 Å². The number of thiophene rings is 1. The molecule has 1 rings (SSSR count). The van der Waals surface area contributed by atoms with E-state index < -0.39 is 0 Å². The second kappa shape index (κ2) is 6.53. The monoisotopic (exact) mass is 254 g/mol. The highest BCUT2D eigenvalue weighted by atomic mass is 32.1. The van der Waals surface area contributed by atoms with Crippen molar-refractivity contribution in [2.75, 3.05) is 20.1 Å². The van der Waals surface area contributed by atoms with Crippen molar-refractivity contribution in [2.45, 2.75) is 33.7 Å². The second-order valence-corrected chi connectivity index (χ2v) is 6.97. The van der Waals surface area contributed by atoms with E-state index in [0.29, 0.717) is 11.3 Å². The fraction of sp³-hybridized carbons (Fsp3) is 0.714. The summed E-state index contributed by atoms with van der Waals surface area (Å²) in [5.41, 5.74) is 7.65. The lowest BCUT2D eigenvalue weighted by molar-refractivity contribution is 0.216. The molecule has 0 amide bonds. The summed E-state index contributed by atoms with van der Waals surface area (Å²) in [6.07, 6.45) is 1.19. The Morgan fingerprint density at radius 1 is 1.41 bits per heavy atom. The highest BCUT2D eigenvalue weighted by Gasteiger charge is 2.19. The van der Waals surface area contributed by atoms with Gasteiger partial charge in [0, 0.05) is 13.1 Å². The standard InChI is InChI=1S/C14H26N2S/c1-14(2,3)7-13(8-15)10-16(4)9-12-5-6-17-11-12/h5-6,11,13H,7-10,15H2,1-4H3. The quantitative estimate of drug-likeness (QED) is 0.845. The van der Waals surface area contributed by atoms with Crippen LogP contribution in [0.1, 0.15) is 32.8 Å².